The summed E-state index contributed by atoms with van der Waals surface area (Å²) in [5.41, 5.74) is 3.77. The van der Waals surface area contributed by atoms with Gasteiger partial charge in [-0.1, -0.05) is 66.7 Å². The van der Waals surface area contributed by atoms with Gasteiger partial charge in [0.1, 0.15) is 6.07 Å². The molecule has 6 heteroatoms. The van der Waals surface area contributed by atoms with Crippen LogP contribution >= 0.6 is 0 Å². The number of likely N-dealkylation sites (tertiary alicyclic amines) is 1. The van der Waals surface area contributed by atoms with Gasteiger partial charge in [0.05, 0.1) is 10.5 Å². The Hall–Kier alpha value is -2.98. The number of benzene rings is 3. The van der Waals surface area contributed by atoms with Crippen molar-refractivity contribution in [1.82, 2.24) is 9.21 Å². The maximum absolute atomic E-state index is 13.7. The predicted molar refractivity (Wildman–Crippen MR) is 123 cm³/mol. The van der Waals surface area contributed by atoms with Crippen LogP contribution in [0.2, 0.25) is 0 Å². The molecule has 5 rings (SSSR count). The lowest BCUT2D eigenvalue weighted by Gasteiger charge is -2.24. The zero-order chi connectivity index (χ0) is 22.1. The third-order valence-electron chi connectivity index (χ3n) is 6.63. The van der Waals surface area contributed by atoms with E-state index in [0.717, 1.165) is 25.2 Å². The van der Waals surface area contributed by atoms with Crippen LogP contribution in [0.3, 0.4) is 0 Å². The van der Waals surface area contributed by atoms with Gasteiger partial charge in [-0.3, -0.25) is 4.90 Å². The highest BCUT2D eigenvalue weighted by molar-refractivity contribution is 7.89. The molecule has 0 saturated carbocycles. The van der Waals surface area contributed by atoms with Crippen LogP contribution in [0, 0.1) is 17.2 Å². The van der Waals surface area contributed by atoms with Crippen LogP contribution in [-0.4, -0.2) is 37.3 Å². The van der Waals surface area contributed by atoms with Gasteiger partial charge < -0.3 is 0 Å². The molecule has 2 aliphatic heterocycles. The van der Waals surface area contributed by atoms with Gasteiger partial charge >= 0.3 is 0 Å². The molecule has 2 atom stereocenters. The lowest BCUT2D eigenvalue weighted by molar-refractivity contribution is 0.293. The van der Waals surface area contributed by atoms with Gasteiger partial charge in [0.15, 0.2) is 0 Å². The monoisotopic (exact) mass is 443 g/mol. The zero-order valence-corrected chi connectivity index (χ0v) is 18.6. The first-order valence-corrected chi connectivity index (χ1v) is 12.3. The van der Waals surface area contributed by atoms with Gasteiger partial charge in [-0.05, 0) is 34.7 Å². The normalized spacial score (nSPS) is 21.3. The van der Waals surface area contributed by atoms with Gasteiger partial charge in [-0.15, -0.1) is 0 Å². The van der Waals surface area contributed by atoms with Crippen LogP contribution in [0.1, 0.15) is 28.2 Å². The van der Waals surface area contributed by atoms with E-state index in [0.29, 0.717) is 19.0 Å². The summed E-state index contributed by atoms with van der Waals surface area (Å²) in [6.45, 7) is 3.41. The van der Waals surface area contributed by atoms with Crippen molar-refractivity contribution in [2.45, 2.75) is 23.9 Å². The minimum atomic E-state index is -3.79. The molecule has 3 aromatic rings. The molecule has 0 N–H and O–H groups in total. The van der Waals surface area contributed by atoms with Gasteiger partial charge in [0.25, 0.3) is 0 Å². The molecule has 0 bridgehead atoms. The van der Waals surface area contributed by atoms with E-state index >= 15 is 0 Å². The second-order valence-electron chi connectivity index (χ2n) is 8.65. The number of fused-ring (bicyclic) bond motifs is 3. The predicted octanol–water partition coefficient (Wildman–Crippen LogP) is 3.98. The fourth-order valence-corrected chi connectivity index (χ4v) is 6.75. The van der Waals surface area contributed by atoms with Crippen molar-refractivity contribution in [1.29, 1.82) is 5.26 Å². The number of hydrogen-bond acceptors (Lipinski definition) is 4. The Morgan fingerprint density at radius 1 is 0.875 bits per heavy atom. The number of nitrogens with zero attached hydrogens (tertiary/aromatic N) is 3. The summed E-state index contributed by atoms with van der Waals surface area (Å²) < 4.78 is 28.9. The van der Waals surface area contributed by atoms with E-state index in [1.54, 1.807) is 28.6 Å². The van der Waals surface area contributed by atoms with E-state index in [-0.39, 0.29) is 16.4 Å². The SMILES string of the molecule is N#Cc1ccccc1S(=O)(=O)N1Cc2ccccc2[C@H]2CN(Cc3ccccc3)C[C@@H]2C1. The van der Waals surface area contributed by atoms with Gasteiger partial charge in [-0.25, -0.2) is 8.42 Å². The summed E-state index contributed by atoms with van der Waals surface area (Å²) in [7, 11) is -3.79. The maximum atomic E-state index is 13.7. The van der Waals surface area contributed by atoms with Gasteiger partial charge in [-0.2, -0.15) is 9.57 Å². The second-order valence-corrected chi connectivity index (χ2v) is 10.6. The molecule has 2 heterocycles. The van der Waals surface area contributed by atoms with Crippen LogP contribution in [0.4, 0.5) is 0 Å². The van der Waals surface area contributed by atoms with Crippen molar-refractivity contribution in [3.8, 4) is 6.07 Å². The molecule has 32 heavy (non-hydrogen) atoms. The molecule has 0 unspecified atom stereocenters. The Bertz CT molecular complexity index is 1270. The average Bonchev–Trinajstić information content (AvgIpc) is 3.14. The lowest BCUT2D eigenvalue weighted by atomic mass is 9.87. The molecule has 1 saturated heterocycles. The van der Waals surface area contributed by atoms with Crippen LogP contribution in [0.15, 0.2) is 83.8 Å². The standard InChI is InChI=1S/C26H25N3O2S/c27-14-21-10-5-7-13-26(21)32(30,31)29-17-22-11-4-6-12-24(22)25-19-28(16-23(25)18-29)15-20-8-2-1-3-9-20/h1-13,23,25H,15-19H2/t23-,25+/m1/s1. The molecule has 0 amide bonds. The Labute approximate surface area is 189 Å². The lowest BCUT2D eigenvalue weighted by Crippen LogP contribution is -2.35. The topological polar surface area (TPSA) is 64.4 Å². The van der Waals surface area contributed by atoms with Crippen molar-refractivity contribution in [2.75, 3.05) is 19.6 Å². The summed E-state index contributed by atoms with van der Waals surface area (Å²) >= 11 is 0. The molecular weight excluding hydrogens is 418 g/mol. The second kappa shape index (κ2) is 8.51. The van der Waals surface area contributed by atoms with E-state index < -0.39 is 10.0 Å². The molecule has 1 fully saturated rings. The largest absolute Gasteiger partial charge is 0.298 e. The molecule has 0 aromatic heterocycles. The quantitative estimate of drug-likeness (QED) is 0.612. The van der Waals surface area contributed by atoms with Crippen molar-refractivity contribution >= 4 is 10.0 Å². The summed E-state index contributed by atoms with van der Waals surface area (Å²) in [6.07, 6.45) is 0. The molecule has 0 radical (unpaired) electrons. The van der Waals surface area contributed by atoms with Gasteiger partial charge in [0, 0.05) is 38.6 Å². The molecule has 162 valence electrons. The third-order valence-corrected chi connectivity index (χ3v) is 8.50. The Balaban J connectivity index is 1.49. The number of rotatable bonds is 4. The minimum absolute atomic E-state index is 0.0950. The zero-order valence-electron chi connectivity index (χ0n) is 17.8. The van der Waals surface area contributed by atoms with Crippen LogP contribution < -0.4 is 0 Å². The Kier molecular flexibility index (Phi) is 5.56. The molecule has 2 aliphatic rings. The number of hydrogen-bond donors (Lipinski definition) is 0. The van der Waals surface area contributed by atoms with E-state index in [9.17, 15) is 13.7 Å². The van der Waals surface area contributed by atoms with E-state index in [1.165, 1.54) is 11.1 Å². The molecular formula is C26H25N3O2S. The highest BCUT2D eigenvalue weighted by Crippen LogP contribution is 2.40. The van der Waals surface area contributed by atoms with Crippen LogP contribution in [0.5, 0.6) is 0 Å². The fraction of sp³-hybridized carbons (Fsp3) is 0.269. The van der Waals surface area contributed by atoms with Crippen LogP contribution in [-0.2, 0) is 23.1 Å². The first-order chi connectivity index (χ1) is 15.6. The summed E-state index contributed by atoms with van der Waals surface area (Å²) in [6, 6.07) is 27.1. The molecule has 5 nitrogen and oxygen atoms in total. The first-order valence-electron chi connectivity index (χ1n) is 10.9. The summed E-state index contributed by atoms with van der Waals surface area (Å²) in [5, 5.41) is 9.48. The smallest absolute Gasteiger partial charge is 0.244 e. The van der Waals surface area contributed by atoms with E-state index in [1.807, 2.05) is 30.3 Å². The van der Waals surface area contributed by atoms with Crippen LogP contribution in [0.25, 0.3) is 0 Å². The van der Waals surface area contributed by atoms with Crippen molar-refractivity contribution < 1.29 is 8.42 Å². The van der Waals surface area contributed by atoms with Crippen molar-refractivity contribution in [3.05, 3.63) is 101 Å². The average molecular weight is 444 g/mol. The third kappa shape index (κ3) is 3.84. The summed E-state index contributed by atoms with van der Waals surface area (Å²) in [4.78, 5) is 2.53. The van der Waals surface area contributed by atoms with Crippen molar-refractivity contribution in [3.63, 3.8) is 0 Å². The molecule has 0 spiro atoms. The van der Waals surface area contributed by atoms with E-state index in [4.69, 9.17) is 0 Å². The maximum Gasteiger partial charge on any atom is 0.244 e. The highest BCUT2D eigenvalue weighted by Gasteiger charge is 2.41. The highest BCUT2D eigenvalue weighted by atomic mass is 32.2. The number of nitriles is 1. The molecule has 3 aromatic carbocycles. The first kappa shape index (κ1) is 20.9. The Morgan fingerprint density at radius 2 is 1.59 bits per heavy atom. The number of sulfonamides is 1. The van der Waals surface area contributed by atoms with Crippen molar-refractivity contribution in [2.24, 2.45) is 5.92 Å². The Morgan fingerprint density at radius 3 is 2.41 bits per heavy atom. The van der Waals surface area contributed by atoms with Gasteiger partial charge in [0.2, 0.25) is 10.0 Å². The fourth-order valence-electron chi connectivity index (χ4n) is 5.13. The summed E-state index contributed by atoms with van der Waals surface area (Å²) in [5.74, 6) is 0.493. The molecule has 0 aliphatic carbocycles. The minimum Gasteiger partial charge on any atom is -0.298 e. The van der Waals surface area contributed by atoms with E-state index in [2.05, 4.69) is 35.2 Å².